The Kier molecular flexibility index (Phi) is 4.57. The fourth-order valence-corrected chi connectivity index (χ4v) is 4.71. The fraction of sp³-hybridized carbons (Fsp3) is 0.409. The van der Waals surface area contributed by atoms with Crippen LogP contribution in [0.4, 0.5) is 5.82 Å². The van der Waals surface area contributed by atoms with Crippen molar-refractivity contribution in [2.45, 2.75) is 25.4 Å². The van der Waals surface area contributed by atoms with Gasteiger partial charge in [-0.2, -0.15) is 0 Å². The normalized spacial score (nSPS) is 29.9. The summed E-state index contributed by atoms with van der Waals surface area (Å²) >= 11 is 0. The molecule has 4 aliphatic rings. The van der Waals surface area contributed by atoms with Gasteiger partial charge in [-0.1, -0.05) is 24.6 Å². The second-order valence-corrected chi connectivity index (χ2v) is 7.92. The highest BCUT2D eigenvalue weighted by Crippen LogP contribution is 2.60. The lowest BCUT2D eigenvalue weighted by atomic mass is 9.76. The van der Waals surface area contributed by atoms with E-state index in [9.17, 15) is 0 Å². The fourth-order valence-electron chi connectivity index (χ4n) is 4.71. The van der Waals surface area contributed by atoms with Gasteiger partial charge in [-0.3, -0.25) is 5.32 Å². The zero-order chi connectivity index (χ0) is 19.7. The molecule has 148 valence electrons. The van der Waals surface area contributed by atoms with Crippen molar-refractivity contribution in [2.75, 3.05) is 25.0 Å². The van der Waals surface area contributed by atoms with Crippen LogP contribution in [-0.2, 0) is 4.74 Å². The van der Waals surface area contributed by atoms with Gasteiger partial charge < -0.3 is 14.4 Å². The topological polar surface area (TPSA) is 71.9 Å². The SMILES string of the molecule is C#CN=C(Nc1cc(Oc2ccccc2)ncn1)OC1CC12CN1CCC2CC1. The molecule has 6 rings (SSSR count). The van der Waals surface area contributed by atoms with Crippen LogP contribution in [0.1, 0.15) is 19.3 Å². The van der Waals surface area contributed by atoms with E-state index in [0.717, 1.165) is 18.9 Å². The summed E-state index contributed by atoms with van der Waals surface area (Å²) < 4.78 is 11.9. The summed E-state index contributed by atoms with van der Waals surface area (Å²) in [6, 6.07) is 13.8. The number of para-hydroxylation sites is 1. The molecule has 4 heterocycles. The van der Waals surface area contributed by atoms with Crippen molar-refractivity contribution in [2.24, 2.45) is 16.3 Å². The average Bonchev–Trinajstić information content (AvgIpc) is 3.40. The first-order valence-electron chi connectivity index (χ1n) is 9.99. The summed E-state index contributed by atoms with van der Waals surface area (Å²) in [5, 5.41) is 3.08. The van der Waals surface area contributed by atoms with Crippen LogP contribution < -0.4 is 10.1 Å². The highest BCUT2D eigenvalue weighted by atomic mass is 16.5. The van der Waals surface area contributed by atoms with Gasteiger partial charge in [-0.25, -0.2) is 9.97 Å². The predicted octanol–water partition coefficient (Wildman–Crippen LogP) is 3.13. The van der Waals surface area contributed by atoms with Crippen LogP contribution >= 0.6 is 0 Å². The second kappa shape index (κ2) is 7.37. The van der Waals surface area contributed by atoms with Crippen molar-refractivity contribution in [3.05, 3.63) is 42.7 Å². The Balaban J connectivity index is 1.26. The molecule has 1 aromatic heterocycles. The molecule has 2 unspecified atom stereocenters. The largest absolute Gasteiger partial charge is 0.460 e. The van der Waals surface area contributed by atoms with Crippen LogP contribution in [0.2, 0.25) is 0 Å². The highest BCUT2D eigenvalue weighted by Gasteiger charge is 2.64. The number of piperidine rings is 3. The minimum absolute atomic E-state index is 0.150. The number of nitrogens with zero attached hydrogens (tertiary/aromatic N) is 4. The van der Waals surface area contributed by atoms with E-state index in [0.29, 0.717) is 23.5 Å². The second-order valence-electron chi connectivity index (χ2n) is 7.92. The quantitative estimate of drug-likeness (QED) is 0.492. The summed E-state index contributed by atoms with van der Waals surface area (Å²) in [7, 11) is 0. The molecule has 2 bridgehead atoms. The molecule has 0 radical (unpaired) electrons. The van der Waals surface area contributed by atoms with Gasteiger partial charge in [0.15, 0.2) is 0 Å². The minimum Gasteiger partial charge on any atom is -0.460 e. The van der Waals surface area contributed by atoms with Gasteiger partial charge in [0, 0.05) is 24.1 Å². The molecular formula is C22H23N5O2. The zero-order valence-corrected chi connectivity index (χ0v) is 16.1. The number of anilines is 1. The number of ether oxygens (including phenoxy) is 2. The smallest absolute Gasteiger partial charge is 0.304 e. The van der Waals surface area contributed by atoms with Crippen LogP contribution in [0.15, 0.2) is 47.7 Å². The Morgan fingerprint density at radius 3 is 2.79 bits per heavy atom. The first kappa shape index (κ1) is 18.0. The van der Waals surface area contributed by atoms with E-state index in [-0.39, 0.29) is 11.5 Å². The standard InChI is InChI=1S/C22H23N5O2/c1-2-23-21(29-18-13-22(18)14-27-10-8-16(22)9-11-27)26-19-12-20(25-15-24-19)28-17-6-4-3-5-7-17/h1,3-7,12,15-16,18H,8-11,13-14H2,(H,23,24,25,26). The Morgan fingerprint density at radius 2 is 2.07 bits per heavy atom. The Morgan fingerprint density at radius 1 is 1.24 bits per heavy atom. The maximum absolute atomic E-state index is 6.18. The van der Waals surface area contributed by atoms with E-state index in [1.807, 2.05) is 30.3 Å². The molecule has 2 atom stereocenters. The maximum Gasteiger partial charge on any atom is 0.304 e. The number of hydrogen-bond acceptors (Lipinski definition) is 6. The molecule has 1 spiro atoms. The van der Waals surface area contributed by atoms with E-state index in [1.54, 1.807) is 6.07 Å². The molecular weight excluding hydrogens is 366 g/mol. The molecule has 3 aliphatic heterocycles. The maximum atomic E-state index is 6.18. The Hall–Kier alpha value is -3.11. The number of nitrogens with one attached hydrogen (secondary N) is 1. The first-order chi connectivity index (χ1) is 14.2. The van der Waals surface area contributed by atoms with Crippen LogP contribution in [0, 0.1) is 23.8 Å². The number of benzene rings is 1. The number of terminal acetylenes is 1. The third-order valence-corrected chi connectivity index (χ3v) is 6.23. The minimum atomic E-state index is 0.150. The van der Waals surface area contributed by atoms with Gasteiger partial charge >= 0.3 is 6.02 Å². The van der Waals surface area contributed by atoms with Gasteiger partial charge in [0.05, 0.1) is 0 Å². The molecule has 29 heavy (non-hydrogen) atoms. The lowest BCUT2D eigenvalue weighted by Crippen LogP contribution is -2.50. The number of fused-ring (bicyclic) bond motifs is 2. The van der Waals surface area contributed by atoms with Crippen LogP contribution in [0.5, 0.6) is 11.6 Å². The van der Waals surface area contributed by atoms with Crippen molar-refractivity contribution < 1.29 is 9.47 Å². The van der Waals surface area contributed by atoms with Crippen LogP contribution in [0.25, 0.3) is 0 Å². The summed E-state index contributed by atoms with van der Waals surface area (Å²) in [5.74, 6) is 2.39. The third kappa shape index (κ3) is 3.64. The van der Waals surface area contributed by atoms with Crippen LogP contribution in [-0.4, -0.2) is 46.6 Å². The van der Waals surface area contributed by atoms with Gasteiger partial charge in [0.25, 0.3) is 0 Å². The third-order valence-electron chi connectivity index (χ3n) is 6.23. The molecule has 4 fully saturated rings. The number of aliphatic imine (C=N–C) groups is 1. The van der Waals surface area contributed by atoms with Crippen molar-refractivity contribution in [1.29, 1.82) is 0 Å². The first-order valence-corrected chi connectivity index (χ1v) is 9.99. The molecule has 7 heteroatoms. The number of rotatable bonds is 4. The molecule has 7 nitrogen and oxygen atoms in total. The Labute approximate surface area is 170 Å². The molecule has 2 aromatic rings. The highest BCUT2D eigenvalue weighted by molar-refractivity contribution is 5.89. The summed E-state index contributed by atoms with van der Waals surface area (Å²) in [6.45, 7) is 3.55. The number of hydrogen-bond donors (Lipinski definition) is 1. The zero-order valence-electron chi connectivity index (χ0n) is 16.1. The van der Waals surface area contributed by atoms with E-state index >= 15 is 0 Å². The van der Waals surface area contributed by atoms with Crippen molar-refractivity contribution in [1.82, 2.24) is 14.9 Å². The Bertz CT molecular complexity index is 949. The van der Waals surface area contributed by atoms with E-state index in [2.05, 4.69) is 31.2 Å². The predicted molar refractivity (Wildman–Crippen MR) is 110 cm³/mol. The number of aromatic nitrogens is 2. The van der Waals surface area contributed by atoms with E-state index in [4.69, 9.17) is 15.9 Å². The molecule has 1 N–H and O–H groups in total. The monoisotopic (exact) mass is 389 g/mol. The molecule has 1 aliphatic carbocycles. The summed E-state index contributed by atoms with van der Waals surface area (Å²) in [6.07, 6.45) is 10.6. The molecule has 1 aromatic carbocycles. The lowest BCUT2D eigenvalue weighted by molar-refractivity contribution is 0.0115. The van der Waals surface area contributed by atoms with Gasteiger partial charge in [0.2, 0.25) is 5.88 Å². The molecule has 0 amide bonds. The van der Waals surface area contributed by atoms with Crippen molar-refractivity contribution in [3.8, 4) is 24.1 Å². The van der Waals surface area contributed by atoms with Crippen LogP contribution in [0.3, 0.4) is 0 Å². The van der Waals surface area contributed by atoms with Gasteiger partial charge in [-0.15, -0.1) is 4.99 Å². The van der Waals surface area contributed by atoms with Gasteiger partial charge in [-0.05, 0) is 50.4 Å². The lowest BCUT2D eigenvalue weighted by Gasteiger charge is -2.45. The van der Waals surface area contributed by atoms with Gasteiger partial charge in [0.1, 0.15) is 24.0 Å². The van der Waals surface area contributed by atoms with Crippen molar-refractivity contribution in [3.63, 3.8) is 0 Å². The van der Waals surface area contributed by atoms with E-state index < -0.39 is 0 Å². The average molecular weight is 389 g/mol. The summed E-state index contributed by atoms with van der Waals surface area (Å²) in [4.78, 5) is 15.0. The number of amidine groups is 1. The summed E-state index contributed by atoms with van der Waals surface area (Å²) in [5.41, 5.74) is 0.265. The van der Waals surface area contributed by atoms with E-state index in [1.165, 1.54) is 32.3 Å². The van der Waals surface area contributed by atoms with Crippen molar-refractivity contribution >= 4 is 11.8 Å². The molecule has 1 saturated carbocycles. The molecule has 3 saturated heterocycles.